The van der Waals surface area contributed by atoms with E-state index in [9.17, 15) is 0 Å². The predicted molar refractivity (Wildman–Crippen MR) is 70.5 cm³/mol. The van der Waals surface area contributed by atoms with Crippen molar-refractivity contribution >= 4 is 27.5 Å². The average molecular weight is 291 g/mol. The molecular weight excluding hydrogens is 273 g/mol. The molecule has 0 bridgehead atoms. The minimum Gasteiger partial charge on any atom is -0.310 e. The number of nitrogens with one attached hydrogen (secondary N) is 1. The molecule has 1 nitrogen and oxygen atoms in total. The van der Waals surface area contributed by atoms with Crippen LogP contribution in [0.2, 0.25) is 5.02 Å². The molecule has 0 spiro atoms. The summed E-state index contributed by atoms with van der Waals surface area (Å²) < 4.78 is 1.13. The Labute approximate surface area is 105 Å². The van der Waals surface area contributed by atoms with E-state index in [0.29, 0.717) is 6.04 Å². The largest absolute Gasteiger partial charge is 0.310 e. The summed E-state index contributed by atoms with van der Waals surface area (Å²) in [5.41, 5.74) is 1.26. The van der Waals surface area contributed by atoms with Gasteiger partial charge in [-0.2, -0.15) is 0 Å². The second-order valence-corrected chi connectivity index (χ2v) is 4.86. The predicted octanol–water partition coefficient (Wildman–Crippen LogP) is 4.55. The van der Waals surface area contributed by atoms with Crippen LogP contribution in [-0.2, 0) is 0 Å². The van der Waals surface area contributed by atoms with Gasteiger partial charge < -0.3 is 5.32 Å². The highest BCUT2D eigenvalue weighted by Gasteiger charge is 2.12. The van der Waals surface area contributed by atoms with Crippen LogP contribution in [0.4, 0.5) is 0 Å². The Morgan fingerprint density at radius 1 is 1.40 bits per heavy atom. The summed E-state index contributed by atoms with van der Waals surface area (Å²) >= 11 is 9.59. The van der Waals surface area contributed by atoms with Gasteiger partial charge in [0.25, 0.3) is 0 Å². The standard InChI is InChI=1S/C12H17BrClN/c1-3-5-12(15-4-2)10-8-9(14)6-7-11(10)13/h6-8,12,15H,3-5H2,1-2H3. The zero-order chi connectivity index (χ0) is 11.3. The van der Waals surface area contributed by atoms with E-state index in [0.717, 1.165) is 28.9 Å². The van der Waals surface area contributed by atoms with Gasteiger partial charge in [0.05, 0.1) is 0 Å². The molecule has 3 heteroatoms. The van der Waals surface area contributed by atoms with Crippen LogP contribution in [0.1, 0.15) is 38.3 Å². The number of hydrogen-bond donors (Lipinski definition) is 1. The second kappa shape index (κ2) is 6.51. The van der Waals surface area contributed by atoms with E-state index in [-0.39, 0.29) is 0 Å². The Morgan fingerprint density at radius 2 is 2.13 bits per heavy atom. The Hall–Kier alpha value is -0.0500. The molecule has 1 atom stereocenters. The summed E-state index contributed by atoms with van der Waals surface area (Å²) in [6.07, 6.45) is 2.30. The molecule has 1 N–H and O–H groups in total. The summed E-state index contributed by atoms with van der Waals surface area (Å²) in [6.45, 7) is 5.30. The Balaban J connectivity index is 2.93. The van der Waals surface area contributed by atoms with Crippen molar-refractivity contribution in [2.24, 2.45) is 0 Å². The van der Waals surface area contributed by atoms with Crippen molar-refractivity contribution in [3.63, 3.8) is 0 Å². The molecule has 1 aromatic carbocycles. The lowest BCUT2D eigenvalue weighted by Crippen LogP contribution is -2.21. The third kappa shape index (κ3) is 3.78. The SMILES string of the molecule is CCCC(NCC)c1cc(Cl)ccc1Br. The molecule has 0 radical (unpaired) electrons. The van der Waals surface area contributed by atoms with Crippen LogP contribution in [0, 0.1) is 0 Å². The van der Waals surface area contributed by atoms with Gasteiger partial charge in [0.1, 0.15) is 0 Å². The Morgan fingerprint density at radius 3 is 2.73 bits per heavy atom. The lowest BCUT2D eigenvalue weighted by atomic mass is 10.0. The Kier molecular flexibility index (Phi) is 5.65. The van der Waals surface area contributed by atoms with E-state index < -0.39 is 0 Å². The van der Waals surface area contributed by atoms with E-state index in [1.54, 1.807) is 0 Å². The number of benzene rings is 1. The van der Waals surface area contributed by atoms with Crippen LogP contribution >= 0.6 is 27.5 Å². The minimum atomic E-state index is 0.396. The van der Waals surface area contributed by atoms with Gasteiger partial charge in [-0.25, -0.2) is 0 Å². The molecule has 15 heavy (non-hydrogen) atoms. The van der Waals surface area contributed by atoms with Crippen molar-refractivity contribution < 1.29 is 0 Å². The van der Waals surface area contributed by atoms with E-state index in [1.165, 1.54) is 5.56 Å². The summed E-state index contributed by atoms with van der Waals surface area (Å²) in [6, 6.07) is 6.35. The lowest BCUT2D eigenvalue weighted by molar-refractivity contribution is 0.508. The smallest absolute Gasteiger partial charge is 0.0410 e. The first kappa shape index (κ1) is 13.0. The number of rotatable bonds is 5. The molecular formula is C12H17BrClN. The van der Waals surface area contributed by atoms with Crippen molar-refractivity contribution in [3.05, 3.63) is 33.3 Å². The maximum absolute atomic E-state index is 6.01. The van der Waals surface area contributed by atoms with Crippen LogP contribution in [0.3, 0.4) is 0 Å². The first-order valence-electron chi connectivity index (χ1n) is 5.37. The van der Waals surface area contributed by atoms with Crippen LogP contribution < -0.4 is 5.32 Å². The van der Waals surface area contributed by atoms with Gasteiger partial charge in [0.15, 0.2) is 0 Å². The first-order valence-corrected chi connectivity index (χ1v) is 6.54. The minimum absolute atomic E-state index is 0.396. The molecule has 0 fully saturated rings. The van der Waals surface area contributed by atoms with Gasteiger partial charge >= 0.3 is 0 Å². The van der Waals surface area contributed by atoms with E-state index in [4.69, 9.17) is 11.6 Å². The normalized spacial score (nSPS) is 12.8. The molecule has 0 aliphatic rings. The lowest BCUT2D eigenvalue weighted by Gasteiger charge is -2.19. The molecule has 1 unspecified atom stereocenters. The van der Waals surface area contributed by atoms with Crippen LogP contribution in [0.25, 0.3) is 0 Å². The quantitative estimate of drug-likeness (QED) is 0.838. The average Bonchev–Trinajstić information content (AvgIpc) is 2.21. The molecule has 1 rings (SSSR count). The second-order valence-electron chi connectivity index (χ2n) is 3.56. The van der Waals surface area contributed by atoms with Gasteiger partial charge in [-0.15, -0.1) is 0 Å². The van der Waals surface area contributed by atoms with Crippen LogP contribution in [0.15, 0.2) is 22.7 Å². The fraction of sp³-hybridized carbons (Fsp3) is 0.500. The Bertz CT molecular complexity index is 308. The maximum Gasteiger partial charge on any atom is 0.0410 e. The number of halogens is 2. The van der Waals surface area contributed by atoms with Gasteiger partial charge in [0.2, 0.25) is 0 Å². The van der Waals surface area contributed by atoms with Gasteiger partial charge in [-0.3, -0.25) is 0 Å². The van der Waals surface area contributed by atoms with E-state index in [1.807, 2.05) is 18.2 Å². The topological polar surface area (TPSA) is 12.0 Å². The highest BCUT2D eigenvalue weighted by Crippen LogP contribution is 2.29. The number of hydrogen-bond acceptors (Lipinski definition) is 1. The fourth-order valence-corrected chi connectivity index (χ4v) is 2.39. The first-order chi connectivity index (χ1) is 7.19. The van der Waals surface area contributed by atoms with Crippen LogP contribution in [0.5, 0.6) is 0 Å². The third-order valence-corrected chi connectivity index (χ3v) is 3.32. The monoisotopic (exact) mass is 289 g/mol. The summed E-state index contributed by atoms with van der Waals surface area (Å²) in [5, 5.41) is 4.28. The van der Waals surface area contributed by atoms with Crippen LogP contribution in [-0.4, -0.2) is 6.54 Å². The molecule has 84 valence electrons. The molecule has 0 aliphatic heterocycles. The van der Waals surface area contributed by atoms with Crippen molar-refractivity contribution in [2.45, 2.75) is 32.7 Å². The van der Waals surface area contributed by atoms with Crippen molar-refractivity contribution in [1.82, 2.24) is 5.32 Å². The molecule has 0 saturated heterocycles. The molecule has 0 aliphatic carbocycles. The van der Waals surface area contributed by atoms with Crippen molar-refractivity contribution in [2.75, 3.05) is 6.54 Å². The summed E-state index contributed by atoms with van der Waals surface area (Å²) in [4.78, 5) is 0. The van der Waals surface area contributed by atoms with E-state index in [2.05, 4.69) is 35.1 Å². The molecule has 0 aromatic heterocycles. The van der Waals surface area contributed by atoms with Gasteiger partial charge in [0, 0.05) is 15.5 Å². The van der Waals surface area contributed by atoms with E-state index >= 15 is 0 Å². The molecule has 0 saturated carbocycles. The zero-order valence-electron chi connectivity index (χ0n) is 9.19. The fourth-order valence-electron chi connectivity index (χ4n) is 1.68. The van der Waals surface area contributed by atoms with Crippen molar-refractivity contribution in [1.29, 1.82) is 0 Å². The highest BCUT2D eigenvalue weighted by molar-refractivity contribution is 9.10. The molecule has 1 aromatic rings. The molecule has 0 amide bonds. The maximum atomic E-state index is 6.01. The molecule has 0 heterocycles. The van der Waals surface area contributed by atoms with Crippen molar-refractivity contribution in [3.8, 4) is 0 Å². The third-order valence-electron chi connectivity index (χ3n) is 2.36. The van der Waals surface area contributed by atoms with Gasteiger partial charge in [-0.05, 0) is 36.7 Å². The zero-order valence-corrected chi connectivity index (χ0v) is 11.5. The summed E-state index contributed by atoms with van der Waals surface area (Å²) in [7, 11) is 0. The van der Waals surface area contributed by atoms with Gasteiger partial charge in [-0.1, -0.05) is 47.8 Å². The highest BCUT2D eigenvalue weighted by atomic mass is 79.9. The summed E-state index contributed by atoms with van der Waals surface area (Å²) in [5.74, 6) is 0.